The average molecular weight is 398 g/mol. The molecule has 0 bridgehead atoms. The van der Waals surface area contributed by atoms with Crippen LogP contribution in [0.3, 0.4) is 0 Å². The molecule has 0 aliphatic heterocycles. The van der Waals surface area contributed by atoms with Crippen LogP contribution in [-0.2, 0) is 0 Å². The summed E-state index contributed by atoms with van der Waals surface area (Å²) in [6, 6.07) is 22.5. The predicted molar refractivity (Wildman–Crippen MR) is 116 cm³/mol. The molecule has 148 valence electrons. The molecule has 0 unspecified atom stereocenters. The van der Waals surface area contributed by atoms with E-state index >= 15 is 0 Å². The first kappa shape index (κ1) is 19.3. The van der Waals surface area contributed by atoms with Crippen LogP contribution in [0.4, 0.5) is 21.6 Å². The summed E-state index contributed by atoms with van der Waals surface area (Å²) in [5.41, 5.74) is 3.81. The summed E-state index contributed by atoms with van der Waals surface area (Å²) < 4.78 is 13.0. The van der Waals surface area contributed by atoms with Gasteiger partial charge in [-0.3, -0.25) is 4.79 Å². The Morgan fingerprint density at radius 1 is 0.900 bits per heavy atom. The summed E-state index contributed by atoms with van der Waals surface area (Å²) in [5.74, 6) is 0.601. The van der Waals surface area contributed by atoms with Crippen molar-refractivity contribution in [3.05, 3.63) is 102 Å². The van der Waals surface area contributed by atoms with Gasteiger partial charge in [0.25, 0.3) is 5.91 Å². The lowest BCUT2D eigenvalue weighted by atomic mass is 10.1. The van der Waals surface area contributed by atoms with Gasteiger partial charge in [0, 0.05) is 28.7 Å². The molecular weight excluding hydrogens is 379 g/mol. The molecule has 0 atom stereocenters. The van der Waals surface area contributed by atoms with Crippen LogP contribution < -0.4 is 10.6 Å². The Labute approximate surface area is 173 Å². The van der Waals surface area contributed by atoms with Crippen molar-refractivity contribution in [2.24, 2.45) is 0 Å². The van der Waals surface area contributed by atoms with Crippen LogP contribution in [0.2, 0.25) is 0 Å². The van der Waals surface area contributed by atoms with Crippen molar-refractivity contribution in [2.45, 2.75) is 6.92 Å². The first-order valence-corrected chi connectivity index (χ1v) is 9.41. The fraction of sp³-hybridized carbons (Fsp3) is 0.0417. The minimum Gasteiger partial charge on any atom is -0.340 e. The van der Waals surface area contributed by atoms with E-state index in [4.69, 9.17) is 0 Å². The number of hydrogen-bond donors (Lipinski definition) is 2. The van der Waals surface area contributed by atoms with E-state index in [9.17, 15) is 9.18 Å². The Kier molecular flexibility index (Phi) is 5.48. The number of carbonyl (C=O) groups is 1. The second-order valence-corrected chi connectivity index (χ2v) is 6.80. The molecule has 4 aromatic rings. The predicted octanol–water partition coefficient (Wildman–Crippen LogP) is 5.59. The van der Waals surface area contributed by atoms with Crippen molar-refractivity contribution in [1.29, 1.82) is 0 Å². The second-order valence-electron chi connectivity index (χ2n) is 6.80. The Bertz CT molecular complexity index is 1170. The Morgan fingerprint density at radius 2 is 1.67 bits per heavy atom. The number of anilines is 3. The van der Waals surface area contributed by atoms with Gasteiger partial charge in [0.15, 0.2) is 5.82 Å². The van der Waals surface area contributed by atoms with Crippen LogP contribution in [0, 0.1) is 12.7 Å². The largest absolute Gasteiger partial charge is 0.340 e. The zero-order valence-electron chi connectivity index (χ0n) is 16.3. The monoisotopic (exact) mass is 398 g/mol. The molecule has 0 fully saturated rings. The van der Waals surface area contributed by atoms with E-state index in [1.165, 1.54) is 29.8 Å². The van der Waals surface area contributed by atoms with E-state index in [2.05, 4.69) is 20.6 Å². The molecule has 6 heteroatoms. The Hall–Kier alpha value is -4.06. The van der Waals surface area contributed by atoms with Crippen molar-refractivity contribution in [3.63, 3.8) is 0 Å². The van der Waals surface area contributed by atoms with Crippen LogP contribution in [-0.4, -0.2) is 15.9 Å². The number of rotatable bonds is 5. The SMILES string of the molecule is Cc1ccc(-c2nccc(Nc3cccc(C(=O)Nc4ccc(F)cc4)c3)n2)cc1. The van der Waals surface area contributed by atoms with Gasteiger partial charge in [-0.15, -0.1) is 0 Å². The van der Waals surface area contributed by atoms with Gasteiger partial charge in [-0.2, -0.15) is 0 Å². The van der Waals surface area contributed by atoms with Gasteiger partial charge in [-0.05, 0) is 55.5 Å². The number of nitrogens with zero attached hydrogens (tertiary/aromatic N) is 2. The van der Waals surface area contributed by atoms with Gasteiger partial charge < -0.3 is 10.6 Å². The molecule has 1 aromatic heterocycles. The highest BCUT2D eigenvalue weighted by Crippen LogP contribution is 2.21. The number of amides is 1. The highest BCUT2D eigenvalue weighted by atomic mass is 19.1. The van der Waals surface area contributed by atoms with Gasteiger partial charge in [0.1, 0.15) is 11.6 Å². The van der Waals surface area contributed by atoms with E-state index in [1.54, 1.807) is 30.5 Å². The molecule has 0 radical (unpaired) electrons. The summed E-state index contributed by atoms with van der Waals surface area (Å²) in [6.07, 6.45) is 1.69. The molecule has 0 saturated carbocycles. The normalized spacial score (nSPS) is 10.5. The summed E-state index contributed by atoms with van der Waals surface area (Å²) in [6.45, 7) is 2.03. The lowest BCUT2D eigenvalue weighted by Crippen LogP contribution is -2.12. The zero-order chi connectivity index (χ0) is 20.9. The van der Waals surface area contributed by atoms with Gasteiger partial charge >= 0.3 is 0 Å². The molecule has 0 spiro atoms. The fourth-order valence-corrected chi connectivity index (χ4v) is 2.89. The van der Waals surface area contributed by atoms with Gasteiger partial charge in [-0.25, -0.2) is 14.4 Å². The van der Waals surface area contributed by atoms with Crippen LogP contribution in [0.1, 0.15) is 15.9 Å². The number of aryl methyl sites for hydroxylation is 1. The first-order chi connectivity index (χ1) is 14.6. The molecule has 5 nitrogen and oxygen atoms in total. The average Bonchev–Trinajstić information content (AvgIpc) is 2.76. The summed E-state index contributed by atoms with van der Waals surface area (Å²) in [7, 11) is 0. The molecule has 1 amide bonds. The van der Waals surface area contributed by atoms with Crippen molar-refractivity contribution in [2.75, 3.05) is 10.6 Å². The standard InChI is InChI=1S/C24H19FN4O/c1-16-5-7-17(8-6-16)23-26-14-13-22(29-23)27-21-4-2-3-18(15-21)24(30)28-20-11-9-19(25)10-12-20/h2-15H,1H3,(H,28,30)(H,26,27,29). The lowest BCUT2D eigenvalue weighted by molar-refractivity contribution is 0.102. The zero-order valence-corrected chi connectivity index (χ0v) is 16.3. The molecular formula is C24H19FN4O. The lowest BCUT2D eigenvalue weighted by Gasteiger charge is -2.10. The van der Waals surface area contributed by atoms with Gasteiger partial charge in [0.2, 0.25) is 0 Å². The number of carbonyl (C=O) groups excluding carboxylic acids is 1. The molecule has 30 heavy (non-hydrogen) atoms. The quantitative estimate of drug-likeness (QED) is 0.460. The first-order valence-electron chi connectivity index (χ1n) is 9.41. The van der Waals surface area contributed by atoms with Crippen molar-refractivity contribution in [1.82, 2.24) is 9.97 Å². The molecule has 2 N–H and O–H groups in total. The maximum atomic E-state index is 13.0. The smallest absolute Gasteiger partial charge is 0.255 e. The van der Waals surface area contributed by atoms with Crippen molar-refractivity contribution in [3.8, 4) is 11.4 Å². The van der Waals surface area contributed by atoms with E-state index in [-0.39, 0.29) is 11.7 Å². The van der Waals surface area contributed by atoms with Crippen LogP contribution in [0.15, 0.2) is 85.1 Å². The Balaban J connectivity index is 1.50. The van der Waals surface area contributed by atoms with E-state index < -0.39 is 0 Å². The second kappa shape index (κ2) is 8.53. The minimum atomic E-state index is -0.353. The molecule has 0 saturated heterocycles. The van der Waals surface area contributed by atoms with E-state index in [1.807, 2.05) is 37.3 Å². The van der Waals surface area contributed by atoms with Gasteiger partial charge in [-0.1, -0.05) is 35.9 Å². The summed E-state index contributed by atoms with van der Waals surface area (Å²) in [4.78, 5) is 21.4. The highest BCUT2D eigenvalue weighted by Gasteiger charge is 2.08. The number of benzene rings is 3. The number of nitrogens with one attached hydrogen (secondary N) is 2. The molecule has 1 heterocycles. The van der Waals surface area contributed by atoms with Crippen LogP contribution in [0.5, 0.6) is 0 Å². The Morgan fingerprint density at radius 3 is 2.43 bits per heavy atom. The fourth-order valence-electron chi connectivity index (χ4n) is 2.89. The number of hydrogen-bond acceptors (Lipinski definition) is 4. The maximum Gasteiger partial charge on any atom is 0.255 e. The third kappa shape index (κ3) is 4.67. The molecule has 4 rings (SSSR count). The maximum absolute atomic E-state index is 13.0. The van der Waals surface area contributed by atoms with Crippen molar-refractivity contribution >= 4 is 23.1 Å². The summed E-state index contributed by atoms with van der Waals surface area (Å²) >= 11 is 0. The number of aromatic nitrogens is 2. The highest BCUT2D eigenvalue weighted by molar-refractivity contribution is 6.04. The van der Waals surface area contributed by atoms with E-state index in [0.717, 1.165) is 11.3 Å². The van der Waals surface area contributed by atoms with Crippen molar-refractivity contribution < 1.29 is 9.18 Å². The van der Waals surface area contributed by atoms with Crippen LogP contribution in [0.25, 0.3) is 11.4 Å². The molecule has 0 aliphatic carbocycles. The van der Waals surface area contributed by atoms with E-state index in [0.29, 0.717) is 22.9 Å². The third-order valence-corrected chi connectivity index (χ3v) is 4.46. The van der Waals surface area contributed by atoms with Crippen LogP contribution >= 0.6 is 0 Å². The number of halogens is 1. The summed E-state index contributed by atoms with van der Waals surface area (Å²) in [5, 5.41) is 5.96. The molecule has 3 aromatic carbocycles. The minimum absolute atomic E-state index is 0.284. The third-order valence-electron chi connectivity index (χ3n) is 4.46. The topological polar surface area (TPSA) is 66.9 Å². The van der Waals surface area contributed by atoms with Gasteiger partial charge in [0.05, 0.1) is 0 Å². The molecule has 0 aliphatic rings.